The Kier molecular flexibility index (Phi) is 4.80. The summed E-state index contributed by atoms with van der Waals surface area (Å²) in [5.74, 6) is -0.815. The maximum Gasteiger partial charge on any atom is 0.252 e. The molecule has 1 unspecified atom stereocenters. The monoisotopic (exact) mass is 303 g/mol. The van der Waals surface area contributed by atoms with Crippen LogP contribution in [0.4, 0.5) is 5.69 Å². The summed E-state index contributed by atoms with van der Waals surface area (Å²) in [6.45, 7) is 3.55. The average molecular weight is 303 g/mol. The SMILES string of the molecule is CC(C)N1C(=O)CC(NC(=O)CCc2ccccc2N)C1=O. The third-order valence-corrected chi connectivity index (χ3v) is 3.71. The van der Waals surface area contributed by atoms with Gasteiger partial charge >= 0.3 is 0 Å². The third-order valence-electron chi connectivity index (χ3n) is 3.71. The number of nitrogens with one attached hydrogen (secondary N) is 1. The fourth-order valence-corrected chi connectivity index (χ4v) is 2.58. The lowest BCUT2D eigenvalue weighted by molar-refractivity contribution is -0.141. The molecule has 22 heavy (non-hydrogen) atoms. The van der Waals surface area contributed by atoms with E-state index in [0.717, 1.165) is 5.56 Å². The number of benzene rings is 1. The van der Waals surface area contributed by atoms with Crippen molar-refractivity contribution in [1.82, 2.24) is 10.2 Å². The van der Waals surface area contributed by atoms with Crippen LogP contribution in [0.1, 0.15) is 32.3 Å². The molecule has 1 atom stereocenters. The largest absolute Gasteiger partial charge is 0.399 e. The Hall–Kier alpha value is -2.37. The summed E-state index contributed by atoms with van der Waals surface area (Å²) in [4.78, 5) is 37.1. The van der Waals surface area contributed by atoms with Crippen LogP contribution in [0.5, 0.6) is 0 Å². The number of nitrogen functional groups attached to an aromatic ring is 1. The van der Waals surface area contributed by atoms with Crippen LogP contribution in [-0.4, -0.2) is 34.7 Å². The van der Waals surface area contributed by atoms with Gasteiger partial charge in [-0.1, -0.05) is 18.2 Å². The van der Waals surface area contributed by atoms with Crippen LogP contribution in [0.3, 0.4) is 0 Å². The molecule has 1 heterocycles. The maximum atomic E-state index is 12.1. The van der Waals surface area contributed by atoms with E-state index in [1.54, 1.807) is 19.9 Å². The number of hydrogen-bond donors (Lipinski definition) is 2. The van der Waals surface area contributed by atoms with Crippen molar-refractivity contribution in [3.8, 4) is 0 Å². The molecule has 1 saturated heterocycles. The summed E-state index contributed by atoms with van der Waals surface area (Å²) < 4.78 is 0. The second-order valence-corrected chi connectivity index (χ2v) is 5.72. The molecule has 0 bridgehead atoms. The summed E-state index contributed by atoms with van der Waals surface area (Å²) in [6, 6.07) is 6.42. The molecule has 3 amide bonds. The van der Waals surface area contributed by atoms with Crippen molar-refractivity contribution in [1.29, 1.82) is 0 Å². The van der Waals surface area contributed by atoms with E-state index in [1.165, 1.54) is 4.90 Å². The normalized spacial score (nSPS) is 18.1. The Morgan fingerprint density at radius 2 is 2.05 bits per heavy atom. The van der Waals surface area contributed by atoms with Crippen molar-refractivity contribution in [3.63, 3.8) is 0 Å². The first-order chi connectivity index (χ1) is 10.4. The number of rotatable bonds is 5. The first kappa shape index (κ1) is 16.0. The maximum absolute atomic E-state index is 12.1. The number of hydrogen-bond acceptors (Lipinski definition) is 4. The number of carbonyl (C=O) groups is 3. The number of aryl methyl sites for hydroxylation is 1. The Morgan fingerprint density at radius 3 is 2.64 bits per heavy atom. The van der Waals surface area contributed by atoms with Gasteiger partial charge in [0.05, 0.1) is 6.42 Å². The minimum absolute atomic E-state index is 0.0379. The van der Waals surface area contributed by atoms with E-state index in [-0.39, 0.29) is 36.6 Å². The Balaban J connectivity index is 1.89. The van der Waals surface area contributed by atoms with Crippen LogP contribution in [0.2, 0.25) is 0 Å². The van der Waals surface area contributed by atoms with E-state index in [1.807, 2.05) is 18.2 Å². The molecular weight excluding hydrogens is 282 g/mol. The third kappa shape index (κ3) is 3.44. The summed E-state index contributed by atoms with van der Waals surface area (Å²) in [5, 5.41) is 2.64. The van der Waals surface area contributed by atoms with Gasteiger partial charge in [-0.25, -0.2) is 0 Å². The van der Waals surface area contributed by atoms with Gasteiger partial charge in [-0.3, -0.25) is 19.3 Å². The van der Waals surface area contributed by atoms with Crippen molar-refractivity contribution < 1.29 is 14.4 Å². The van der Waals surface area contributed by atoms with Crippen LogP contribution in [0, 0.1) is 0 Å². The molecule has 0 aliphatic carbocycles. The number of amides is 3. The first-order valence-electron chi connectivity index (χ1n) is 7.38. The molecule has 1 aromatic carbocycles. The summed E-state index contributed by atoms with van der Waals surface area (Å²) in [6.07, 6.45) is 0.769. The Labute approximate surface area is 129 Å². The predicted octanol–water partition coefficient (Wildman–Crippen LogP) is 0.853. The van der Waals surface area contributed by atoms with Gasteiger partial charge in [0.25, 0.3) is 5.91 Å². The highest BCUT2D eigenvalue weighted by molar-refractivity contribution is 6.07. The van der Waals surface area contributed by atoms with E-state index in [9.17, 15) is 14.4 Å². The summed E-state index contributed by atoms with van der Waals surface area (Å²) in [5.41, 5.74) is 7.37. The first-order valence-corrected chi connectivity index (χ1v) is 7.38. The molecule has 1 fully saturated rings. The van der Waals surface area contributed by atoms with Crippen molar-refractivity contribution in [2.45, 2.75) is 45.2 Å². The minimum Gasteiger partial charge on any atom is -0.399 e. The molecule has 0 spiro atoms. The van der Waals surface area contributed by atoms with Crippen LogP contribution in [-0.2, 0) is 20.8 Å². The highest BCUT2D eigenvalue weighted by Crippen LogP contribution is 2.17. The predicted molar refractivity (Wildman–Crippen MR) is 82.7 cm³/mol. The number of imide groups is 1. The van der Waals surface area contributed by atoms with E-state index >= 15 is 0 Å². The van der Waals surface area contributed by atoms with E-state index in [2.05, 4.69) is 5.32 Å². The smallest absolute Gasteiger partial charge is 0.252 e. The van der Waals surface area contributed by atoms with Gasteiger partial charge in [0.2, 0.25) is 11.8 Å². The van der Waals surface area contributed by atoms with Gasteiger partial charge < -0.3 is 11.1 Å². The molecule has 6 nitrogen and oxygen atoms in total. The van der Waals surface area contributed by atoms with Gasteiger partial charge in [0, 0.05) is 18.2 Å². The molecule has 3 N–H and O–H groups in total. The number of para-hydroxylation sites is 1. The van der Waals surface area contributed by atoms with E-state index in [4.69, 9.17) is 5.73 Å². The van der Waals surface area contributed by atoms with E-state index < -0.39 is 6.04 Å². The number of likely N-dealkylation sites (tertiary alicyclic amines) is 1. The second-order valence-electron chi connectivity index (χ2n) is 5.72. The molecule has 1 aliphatic heterocycles. The van der Waals surface area contributed by atoms with Gasteiger partial charge in [0.1, 0.15) is 6.04 Å². The molecule has 1 aromatic rings. The fourth-order valence-electron chi connectivity index (χ4n) is 2.58. The number of carbonyl (C=O) groups excluding carboxylic acids is 3. The zero-order valence-electron chi connectivity index (χ0n) is 12.8. The molecule has 0 aromatic heterocycles. The van der Waals surface area contributed by atoms with Gasteiger partial charge in [0.15, 0.2) is 0 Å². The van der Waals surface area contributed by atoms with Crippen molar-refractivity contribution >= 4 is 23.4 Å². The van der Waals surface area contributed by atoms with Crippen molar-refractivity contribution in [2.24, 2.45) is 0 Å². The topological polar surface area (TPSA) is 92.5 Å². The van der Waals surface area contributed by atoms with Gasteiger partial charge in [-0.2, -0.15) is 0 Å². The van der Waals surface area contributed by atoms with Crippen LogP contribution in [0.15, 0.2) is 24.3 Å². The lowest BCUT2D eigenvalue weighted by Gasteiger charge is -2.19. The molecule has 6 heteroatoms. The molecule has 118 valence electrons. The fraction of sp³-hybridized carbons (Fsp3) is 0.438. The summed E-state index contributed by atoms with van der Waals surface area (Å²) in [7, 11) is 0. The number of nitrogens with zero attached hydrogens (tertiary/aromatic N) is 1. The number of nitrogens with two attached hydrogens (primary N) is 1. The molecular formula is C16H21N3O3. The highest BCUT2D eigenvalue weighted by atomic mass is 16.2. The zero-order valence-corrected chi connectivity index (χ0v) is 12.8. The summed E-state index contributed by atoms with van der Waals surface area (Å²) >= 11 is 0. The van der Waals surface area contributed by atoms with Gasteiger partial charge in [-0.15, -0.1) is 0 Å². The highest BCUT2D eigenvalue weighted by Gasteiger charge is 2.40. The van der Waals surface area contributed by atoms with Gasteiger partial charge in [-0.05, 0) is 31.9 Å². The van der Waals surface area contributed by atoms with Crippen LogP contribution in [0.25, 0.3) is 0 Å². The van der Waals surface area contributed by atoms with E-state index in [0.29, 0.717) is 12.1 Å². The van der Waals surface area contributed by atoms with Crippen molar-refractivity contribution in [3.05, 3.63) is 29.8 Å². The Bertz CT molecular complexity index is 598. The molecule has 0 radical (unpaired) electrons. The zero-order chi connectivity index (χ0) is 16.3. The minimum atomic E-state index is -0.740. The lowest BCUT2D eigenvalue weighted by atomic mass is 10.1. The standard InChI is InChI=1S/C16H21N3O3/c1-10(2)19-15(21)9-13(16(19)22)18-14(20)8-7-11-5-3-4-6-12(11)17/h3-6,10,13H,7-9,17H2,1-2H3,(H,18,20). The second kappa shape index (κ2) is 6.60. The Morgan fingerprint density at radius 1 is 1.36 bits per heavy atom. The van der Waals surface area contributed by atoms with Crippen LogP contribution >= 0.6 is 0 Å². The molecule has 2 rings (SSSR count). The quantitative estimate of drug-likeness (QED) is 0.623. The van der Waals surface area contributed by atoms with Crippen molar-refractivity contribution in [2.75, 3.05) is 5.73 Å². The number of anilines is 1. The lowest BCUT2D eigenvalue weighted by Crippen LogP contribution is -2.43. The molecule has 1 aliphatic rings. The average Bonchev–Trinajstić information content (AvgIpc) is 2.72. The molecule has 0 saturated carbocycles. The van der Waals surface area contributed by atoms with Crippen LogP contribution < -0.4 is 11.1 Å².